The molecule has 0 spiro atoms. The van der Waals surface area contributed by atoms with Gasteiger partial charge in [-0.15, -0.1) is 0 Å². The number of nitrogens with one attached hydrogen (secondary N) is 1. The van der Waals surface area contributed by atoms with Crippen LogP contribution in [0.2, 0.25) is 0 Å². The van der Waals surface area contributed by atoms with Crippen molar-refractivity contribution in [3.63, 3.8) is 0 Å². The third-order valence-corrected chi connectivity index (χ3v) is 4.21. The van der Waals surface area contributed by atoms with Crippen LogP contribution in [0, 0.1) is 0 Å². The minimum atomic E-state index is 0.383. The van der Waals surface area contributed by atoms with Crippen molar-refractivity contribution in [2.75, 3.05) is 12.4 Å². The molecule has 1 unspecified atom stereocenters. The number of rotatable bonds is 13. The van der Waals surface area contributed by atoms with E-state index in [0.717, 1.165) is 11.4 Å². The maximum absolute atomic E-state index is 6.24. The van der Waals surface area contributed by atoms with Crippen molar-refractivity contribution in [1.29, 1.82) is 0 Å². The first-order valence-corrected chi connectivity index (χ1v) is 9.24. The number of anilines is 1. The highest BCUT2D eigenvalue weighted by molar-refractivity contribution is 5.45. The molecule has 0 aromatic heterocycles. The van der Waals surface area contributed by atoms with Crippen molar-refractivity contribution in [3.8, 4) is 5.75 Å². The molecule has 0 heterocycles. The molecule has 1 aromatic carbocycles. The molecule has 2 heteroatoms. The third-order valence-electron chi connectivity index (χ3n) is 4.21. The molecule has 22 heavy (non-hydrogen) atoms. The fourth-order valence-corrected chi connectivity index (χ4v) is 2.75. The fourth-order valence-electron chi connectivity index (χ4n) is 2.75. The number of benzene rings is 1. The highest BCUT2D eigenvalue weighted by Crippen LogP contribution is 2.21. The van der Waals surface area contributed by atoms with Gasteiger partial charge in [-0.1, -0.05) is 52.4 Å². The van der Waals surface area contributed by atoms with Gasteiger partial charge >= 0.3 is 0 Å². The Kier molecular flexibility index (Phi) is 10.6. The Morgan fingerprint density at radius 3 is 1.95 bits per heavy atom. The van der Waals surface area contributed by atoms with E-state index in [1.54, 1.807) is 0 Å². The van der Waals surface area contributed by atoms with Gasteiger partial charge < -0.3 is 10.1 Å². The standard InChI is InChI=1S/C20H35NO/c1-4-6-8-9-11-13-19(12-10-7-5-2)22-20-16-14-18(21-3)15-17-20/h14-17,19,21H,4-13H2,1-3H3. The molecule has 1 rings (SSSR count). The summed E-state index contributed by atoms with van der Waals surface area (Å²) in [4.78, 5) is 0. The summed E-state index contributed by atoms with van der Waals surface area (Å²) in [6.07, 6.45) is 13.3. The lowest BCUT2D eigenvalue weighted by atomic mass is 10.0. The molecule has 0 saturated carbocycles. The Morgan fingerprint density at radius 1 is 0.818 bits per heavy atom. The molecule has 0 radical (unpaired) electrons. The highest BCUT2D eigenvalue weighted by atomic mass is 16.5. The van der Waals surface area contributed by atoms with Crippen molar-refractivity contribution in [1.82, 2.24) is 0 Å². The van der Waals surface area contributed by atoms with Crippen LogP contribution in [0.4, 0.5) is 5.69 Å². The zero-order valence-electron chi connectivity index (χ0n) is 14.9. The predicted octanol–water partition coefficient (Wildman–Crippen LogP) is 6.42. The zero-order valence-corrected chi connectivity index (χ0v) is 14.9. The first-order chi connectivity index (χ1) is 10.8. The average Bonchev–Trinajstić information content (AvgIpc) is 2.55. The van der Waals surface area contributed by atoms with Crippen LogP contribution >= 0.6 is 0 Å². The largest absolute Gasteiger partial charge is 0.490 e. The highest BCUT2D eigenvalue weighted by Gasteiger charge is 2.10. The first-order valence-electron chi connectivity index (χ1n) is 9.24. The molecule has 2 nitrogen and oxygen atoms in total. The second kappa shape index (κ2) is 12.4. The smallest absolute Gasteiger partial charge is 0.119 e. The van der Waals surface area contributed by atoms with Crippen LogP contribution in [0.3, 0.4) is 0 Å². The summed E-state index contributed by atoms with van der Waals surface area (Å²) in [7, 11) is 1.94. The van der Waals surface area contributed by atoms with E-state index in [2.05, 4.69) is 43.4 Å². The second-order valence-electron chi connectivity index (χ2n) is 6.21. The Balaban J connectivity index is 2.41. The SMILES string of the molecule is CCCCCCCC(CCCCC)Oc1ccc(NC)cc1. The zero-order chi connectivity index (χ0) is 16.0. The molecular formula is C20H35NO. The molecule has 126 valence electrons. The lowest BCUT2D eigenvalue weighted by Gasteiger charge is -2.19. The third kappa shape index (κ3) is 8.31. The first kappa shape index (κ1) is 18.9. The molecule has 0 bridgehead atoms. The van der Waals surface area contributed by atoms with E-state index in [0.29, 0.717) is 6.10 Å². The van der Waals surface area contributed by atoms with E-state index in [1.807, 2.05) is 7.05 Å². The number of hydrogen-bond donors (Lipinski definition) is 1. The van der Waals surface area contributed by atoms with Crippen molar-refractivity contribution >= 4 is 5.69 Å². The van der Waals surface area contributed by atoms with E-state index in [9.17, 15) is 0 Å². The topological polar surface area (TPSA) is 21.3 Å². The van der Waals surface area contributed by atoms with E-state index in [-0.39, 0.29) is 0 Å². The molecule has 0 aliphatic heterocycles. The van der Waals surface area contributed by atoms with Gasteiger partial charge in [-0.3, -0.25) is 0 Å². The lowest BCUT2D eigenvalue weighted by Crippen LogP contribution is -2.16. The van der Waals surface area contributed by atoms with E-state index < -0.39 is 0 Å². The van der Waals surface area contributed by atoms with Crippen LogP contribution < -0.4 is 10.1 Å². The summed E-state index contributed by atoms with van der Waals surface area (Å²) in [5.41, 5.74) is 1.13. The summed E-state index contributed by atoms with van der Waals surface area (Å²) in [6, 6.07) is 8.32. The Hall–Kier alpha value is -1.18. The van der Waals surface area contributed by atoms with Gasteiger partial charge in [0.15, 0.2) is 0 Å². The van der Waals surface area contributed by atoms with Crippen LogP contribution in [0.25, 0.3) is 0 Å². The summed E-state index contributed by atoms with van der Waals surface area (Å²) < 4.78 is 6.24. The van der Waals surface area contributed by atoms with Crippen LogP contribution in [0.1, 0.15) is 78.1 Å². The van der Waals surface area contributed by atoms with Gasteiger partial charge in [-0.25, -0.2) is 0 Å². The van der Waals surface area contributed by atoms with E-state index in [1.165, 1.54) is 64.2 Å². The number of hydrogen-bond acceptors (Lipinski definition) is 2. The van der Waals surface area contributed by atoms with Gasteiger partial charge in [-0.2, -0.15) is 0 Å². The van der Waals surface area contributed by atoms with Crippen molar-refractivity contribution in [2.24, 2.45) is 0 Å². The van der Waals surface area contributed by atoms with Crippen LogP contribution in [-0.2, 0) is 0 Å². The number of unbranched alkanes of at least 4 members (excludes halogenated alkanes) is 6. The summed E-state index contributed by atoms with van der Waals surface area (Å²) >= 11 is 0. The molecule has 1 N–H and O–H groups in total. The molecule has 1 aromatic rings. The van der Waals surface area contributed by atoms with Crippen LogP contribution in [-0.4, -0.2) is 13.2 Å². The predicted molar refractivity (Wildman–Crippen MR) is 97.9 cm³/mol. The Bertz CT molecular complexity index is 360. The van der Waals surface area contributed by atoms with Crippen molar-refractivity contribution in [2.45, 2.75) is 84.2 Å². The second-order valence-corrected chi connectivity index (χ2v) is 6.21. The van der Waals surface area contributed by atoms with Gasteiger partial charge in [-0.05, 0) is 49.9 Å². The van der Waals surface area contributed by atoms with E-state index >= 15 is 0 Å². The molecule has 0 aliphatic carbocycles. The van der Waals surface area contributed by atoms with Crippen LogP contribution in [0.15, 0.2) is 24.3 Å². The molecular weight excluding hydrogens is 270 g/mol. The molecule has 0 saturated heterocycles. The molecule has 0 aliphatic rings. The van der Waals surface area contributed by atoms with Gasteiger partial charge in [0.25, 0.3) is 0 Å². The minimum Gasteiger partial charge on any atom is -0.490 e. The monoisotopic (exact) mass is 305 g/mol. The van der Waals surface area contributed by atoms with Crippen molar-refractivity contribution < 1.29 is 4.74 Å². The Morgan fingerprint density at radius 2 is 1.36 bits per heavy atom. The Labute approximate surface area is 137 Å². The van der Waals surface area contributed by atoms with Crippen LogP contribution in [0.5, 0.6) is 5.75 Å². The van der Waals surface area contributed by atoms with E-state index in [4.69, 9.17) is 4.74 Å². The number of ether oxygens (including phenoxy) is 1. The molecule has 0 fully saturated rings. The maximum Gasteiger partial charge on any atom is 0.119 e. The molecule has 1 atom stereocenters. The molecule has 0 amide bonds. The van der Waals surface area contributed by atoms with Crippen molar-refractivity contribution in [3.05, 3.63) is 24.3 Å². The normalized spacial score (nSPS) is 12.1. The summed E-state index contributed by atoms with van der Waals surface area (Å²) in [5.74, 6) is 1.01. The minimum absolute atomic E-state index is 0.383. The quantitative estimate of drug-likeness (QED) is 0.425. The maximum atomic E-state index is 6.24. The fraction of sp³-hybridized carbons (Fsp3) is 0.700. The summed E-state index contributed by atoms with van der Waals surface area (Å²) in [6.45, 7) is 4.53. The lowest BCUT2D eigenvalue weighted by molar-refractivity contribution is 0.173. The average molecular weight is 306 g/mol. The van der Waals surface area contributed by atoms with Gasteiger partial charge in [0.2, 0.25) is 0 Å². The summed E-state index contributed by atoms with van der Waals surface area (Å²) in [5, 5.41) is 3.15. The van der Waals surface area contributed by atoms with Gasteiger partial charge in [0, 0.05) is 12.7 Å². The van der Waals surface area contributed by atoms with Gasteiger partial charge in [0.1, 0.15) is 5.75 Å². The van der Waals surface area contributed by atoms with Gasteiger partial charge in [0.05, 0.1) is 6.10 Å².